The number of amides is 1. The van der Waals surface area contributed by atoms with Gasteiger partial charge in [-0.2, -0.15) is 17.5 Å². The molecule has 1 aliphatic rings. The number of anilines is 1. The monoisotopic (exact) mass is 724 g/mol. The molecule has 1 aromatic heterocycles. The highest BCUT2D eigenvalue weighted by molar-refractivity contribution is 7.90. The number of halogens is 5. The molecule has 9 nitrogen and oxygen atoms in total. The summed E-state index contributed by atoms with van der Waals surface area (Å²) < 4.78 is 70.1. The number of carbonyl (C=O) groups is 1. The van der Waals surface area contributed by atoms with Crippen molar-refractivity contribution in [1.82, 2.24) is 14.6 Å². The number of hydrogen-bond acceptors (Lipinski definition) is 6. The van der Waals surface area contributed by atoms with Crippen LogP contribution in [-0.2, 0) is 10.0 Å². The molecule has 1 fully saturated rings. The second kappa shape index (κ2) is 15.2. The highest BCUT2D eigenvalue weighted by atomic mass is 35.5. The number of ether oxygens (including phenoxy) is 1. The van der Waals surface area contributed by atoms with Crippen LogP contribution in [0, 0.1) is 0 Å². The Labute approximate surface area is 286 Å². The fourth-order valence-corrected chi connectivity index (χ4v) is 6.98. The van der Waals surface area contributed by atoms with Crippen molar-refractivity contribution >= 4 is 55.9 Å². The van der Waals surface area contributed by atoms with Crippen LogP contribution >= 0.6 is 23.2 Å². The second-order valence-corrected chi connectivity index (χ2v) is 14.2. The molecule has 15 heteroatoms. The first-order valence-corrected chi connectivity index (χ1v) is 17.4. The van der Waals surface area contributed by atoms with Gasteiger partial charge in [-0.25, -0.2) is 13.2 Å². The SMILES string of the molecule is O=C(O)NCCCCOc1cc(C(c2ccc(Cl)cc2)c2ccc(Cl)cc2)cc2c(NC3CCN(S(=O)(=O)C(F)(F)F)CC3)ccnc12. The predicted octanol–water partition coefficient (Wildman–Crippen LogP) is 7.87. The molecule has 3 N–H and O–H groups in total. The molecular formula is C33H33Cl2F3N4O5S. The van der Waals surface area contributed by atoms with Gasteiger partial charge in [-0.3, -0.25) is 4.98 Å². The number of piperidine rings is 1. The minimum Gasteiger partial charge on any atom is -0.491 e. The van der Waals surface area contributed by atoms with Gasteiger partial charge in [0.25, 0.3) is 0 Å². The maximum Gasteiger partial charge on any atom is 0.511 e. The van der Waals surface area contributed by atoms with E-state index in [0.29, 0.717) is 49.5 Å². The van der Waals surface area contributed by atoms with Crippen LogP contribution in [0.4, 0.5) is 23.7 Å². The molecule has 256 valence electrons. The molecule has 0 saturated carbocycles. The third kappa shape index (κ3) is 8.43. The molecule has 0 bridgehead atoms. The third-order valence-electron chi connectivity index (χ3n) is 8.12. The highest BCUT2D eigenvalue weighted by Crippen LogP contribution is 2.40. The van der Waals surface area contributed by atoms with Crippen molar-refractivity contribution in [1.29, 1.82) is 0 Å². The van der Waals surface area contributed by atoms with Gasteiger partial charge in [0.1, 0.15) is 11.3 Å². The van der Waals surface area contributed by atoms with Gasteiger partial charge in [-0.1, -0.05) is 47.5 Å². The average molecular weight is 726 g/mol. The van der Waals surface area contributed by atoms with E-state index in [1.54, 1.807) is 12.3 Å². The first-order chi connectivity index (χ1) is 22.8. The Morgan fingerprint density at radius 2 is 1.56 bits per heavy atom. The number of pyridine rings is 1. The quantitative estimate of drug-likeness (QED) is 0.100. The Bertz CT molecular complexity index is 1790. The Balaban J connectivity index is 1.51. The van der Waals surface area contributed by atoms with E-state index in [9.17, 15) is 26.4 Å². The number of nitrogens with one attached hydrogen (secondary N) is 2. The molecule has 48 heavy (non-hydrogen) atoms. The predicted molar refractivity (Wildman–Crippen MR) is 180 cm³/mol. The second-order valence-electron chi connectivity index (χ2n) is 11.4. The van der Waals surface area contributed by atoms with Gasteiger partial charge in [-0.05, 0) is 84.8 Å². The summed E-state index contributed by atoms with van der Waals surface area (Å²) >= 11 is 12.5. The third-order valence-corrected chi connectivity index (χ3v) is 10.3. The van der Waals surface area contributed by atoms with Crippen LogP contribution in [0.3, 0.4) is 0 Å². The standard InChI is InChI=1S/C33H33Cl2F3N4O5S/c34-24-7-3-21(4-8-24)30(22-5-9-25(35)10-6-22)23-19-27-28(41-26-12-16-42(17-13-26)48(45,46)33(36,37)38)11-15-39-31(27)29(20-23)47-18-2-1-14-40-32(43)44/h3-11,15,19-20,26,30,40H,1-2,12-14,16-18H2,(H,39,41)(H,43,44). The van der Waals surface area contributed by atoms with Crippen molar-refractivity contribution in [2.45, 2.75) is 43.2 Å². The fourth-order valence-electron chi connectivity index (χ4n) is 5.75. The van der Waals surface area contributed by atoms with Gasteiger partial charge in [0.05, 0.1) is 6.61 Å². The first kappa shape index (κ1) is 35.5. The summed E-state index contributed by atoms with van der Waals surface area (Å²) in [5.41, 5.74) is -1.38. The van der Waals surface area contributed by atoms with E-state index in [4.69, 9.17) is 33.0 Å². The zero-order valence-electron chi connectivity index (χ0n) is 25.5. The van der Waals surface area contributed by atoms with E-state index in [1.807, 2.05) is 60.7 Å². The van der Waals surface area contributed by atoms with Crippen LogP contribution in [0.2, 0.25) is 10.0 Å². The number of alkyl halides is 3. The van der Waals surface area contributed by atoms with Crippen molar-refractivity contribution < 1.29 is 36.2 Å². The Morgan fingerprint density at radius 3 is 2.12 bits per heavy atom. The molecule has 0 spiro atoms. The van der Waals surface area contributed by atoms with Crippen molar-refractivity contribution in [3.63, 3.8) is 0 Å². The van der Waals surface area contributed by atoms with Crippen LogP contribution in [0.25, 0.3) is 10.9 Å². The lowest BCUT2D eigenvalue weighted by molar-refractivity contribution is -0.0494. The van der Waals surface area contributed by atoms with Gasteiger partial charge in [-0.15, -0.1) is 0 Å². The smallest absolute Gasteiger partial charge is 0.491 e. The molecule has 4 aromatic rings. The lowest BCUT2D eigenvalue weighted by Gasteiger charge is -2.32. The van der Waals surface area contributed by atoms with Crippen molar-refractivity contribution in [2.75, 3.05) is 31.6 Å². The summed E-state index contributed by atoms with van der Waals surface area (Å²) in [6, 6.07) is 20.4. The maximum absolute atomic E-state index is 13.1. The molecule has 0 unspecified atom stereocenters. The lowest BCUT2D eigenvalue weighted by atomic mass is 9.84. The van der Waals surface area contributed by atoms with Crippen LogP contribution in [0.5, 0.6) is 5.75 Å². The summed E-state index contributed by atoms with van der Waals surface area (Å²) in [5, 5.41) is 16.5. The van der Waals surface area contributed by atoms with E-state index >= 15 is 0 Å². The number of sulfonamides is 1. The summed E-state index contributed by atoms with van der Waals surface area (Å²) in [7, 11) is -5.40. The van der Waals surface area contributed by atoms with E-state index in [2.05, 4.69) is 15.6 Å². The van der Waals surface area contributed by atoms with E-state index in [-0.39, 0.29) is 51.0 Å². The Morgan fingerprint density at radius 1 is 0.958 bits per heavy atom. The minimum atomic E-state index is -5.40. The normalized spacial score (nSPS) is 14.7. The van der Waals surface area contributed by atoms with Crippen LogP contribution in [0.1, 0.15) is 48.3 Å². The Kier molecular flexibility index (Phi) is 11.2. The number of unbranched alkanes of at least 4 members (excludes halogenated alkanes) is 1. The number of benzene rings is 3. The number of nitrogens with zero attached hydrogens (tertiary/aromatic N) is 2. The van der Waals surface area contributed by atoms with Gasteiger partial charge >= 0.3 is 21.6 Å². The summed E-state index contributed by atoms with van der Waals surface area (Å²) in [6.45, 7) is 0.0319. The maximum atomic E-state index is 13.1. The fraction of sp³-hybridized carbons (Fsp3) is 0.333. The molecule has 1 amide bonds. The molecule has 1 aliphatic heterocycles. The largest absolute Gasteiger partial charge is 0.511 e. The topological polar surface area (TPSA) is 121 Å². The van der Waals surface area contributed by atoms with E-state index in [1.165, 1.54) is 0 Å². The zero-order chi connectivity index (χ0) is 34.5. The number of carboxylic acid groups (broad SMARTS) is 1. The highest BCUT2D eigenvalue weighted by Gasteiger charge is 2.50. The van der Waals surface area contributed by atoms with Crippen molar-refractivity contribution in [2.24, 2.45) is 0 Å². The van der Waals surface area contributed by atoms with Crippen LogP contribution in [0.15, 0.2) is 72.9 Å². The molecule has 1 saturated heterocycles. The summed E-state index contributed by atoms with van der Waals surface area (Å²) in [4.78, 5) is 15.4. The first-order valence-electron chi connectivity index (χ1n) is 15.2. The average Bonchev–Trinajstić information content (AvgIpc) is 3.04. The van der Waals surface area contributed by atoms with E-state index < -0.39 is 21.6 Å². The number of aromatic nitrogens is 1. The number of rotatable bonds is 12. The van der Waals surface area contributed by atoms with Crippen molar-refractivity contribution in [3.05, 3.63) is 99.7 Å². The summed E-state index contributed by atoms with van der Waals surface area (Å²) in [6.07, 6.45) is 1.98. The molecule has 0 radical (unpaired) electrons. The molecule has 3 aromatic carbocycles. The molecule has 2 heterocycles. The zero-order valence-corrected chi connectivity index (χ0v) is 27.8. The van der Waals surface area contributed by atoms with Gasteiger partial charge in [0, 0.05) is 58.9 Å². The number of fused-ring (bicyclic) bond motifs is 1. The van der Waals surface area contributed by atoms with Crippen LogP contribution < -0.4 is 15.4 Å². The lowest BCUT2D eigenvalue weighted by Crippen LogP contribution is -2.47. The van der Waals surface area contributed by atoms with Gasteiger partial charge in [0.2, 0.25) is 0 Å². The molecule has 0 atom stereocenters. The number of hydrogen-bond donors (Lipinski definition) is 3. The molecule has 0 aliphatic carbocycles. The minimum absolute atomic E-state index is 0.171. The summed E-state index contributed by atoms with van der Waals surface area (Å²) in [5.74, 6) is 0.214. The van der Waals surface area contributed by atoms with Crippen LogP contribution in [-0.4, -0.2) is 66.7 Å². The van der Waals surface area contributed by atoms with Gasteiger partial charge in [0.15, 0.2) is 0 Å². The van der Waals surface area contributed by atoms with Crippen molar-refractivity contribution in [3.8, 4) is 5.75 Å². The molecule has 5 rings (SSSR count). The van der Waals surface area contributed by atoms with Gasteiger partial charge < -0.3 is 20.5 Å². The molecular weight excluding hydrogens is 692 g/mol. The van der Waals surface area contributed by atoms with E-state index in [0.717, 1.165) is 16.7 Å². The Hall–Kier alpha value is -3.78.